The van der Waals surface area contributed by atoms with E-state index >= 15 is 0 Å². The predicted octanol–water partition coefficient (Wildman–Crippen LogP) is 2.25. The van der Waals surface area contributed by atoms with Gasteiger partial charge in [0, 0.05) is 50.5 Å². The largest absolute Gasteiger partial charge is 0.340 e. The molecule has 0 bridgehead atoms. The van der Waals surface area contributed by atoms with Crippen molar-refractivity contribution < 1.29 is 4.79 Å². The Morgan fingerprint density at radius 3 is 2.68 bits per heavy atom. The molecular formula is C16H28N4OS. The van der Waals surface area contributed by atoms with E-state index in [2.05, 4.69) is 30.0 Å². The second kappa shape index (κ2) is 8.02. The standard InChI is InChI=1S/C16H28N4OS/c1-13(2)20-12-15(10-17-20)11-18-6-5-7-19(9-8-18)16(21)14(3)22-4/h10,12-14H,5-9,11H2,1-4H3/t14-/m1/s1. The molecule has 1 saturated heterocycles. The number of hydrogen-bond acceptors (Lipinski definition) is 4. The lowest BCUT2D eigenvalue weighted by Crippen LogP contribution is -2.39. The van der Waals surface area contributed by atoms with E-state index in [1.807, 2.05) is 29.0 Å². The number of carbonyl (C=O) groups excluding carboxylic acids is 1. The maximum absolute atomic E-state index is 12.3. The molecule has 0 aliphatic carbocycles. The first-order chi connectivity index (χ1) is 10.5. The lowest BCUT2D eigenvalue weighted by Gasteiger charge is -2.24. The van der Waals surface area contributed by atoms with Crippen LogP contribution in [-0.4, -0.2) is 63.2 Å². The Labute approximate surface area is 138 Å². The maximum Gasteiger partial charge on any atom is 0.235 e. The molecule has 0 saturated carbocycles. The monoisotopic (exact) mass is 324 g/mol. The van der Waals surface area contributed by atoms with Crippen molar-refractivity contribution in [3.8, 4) is 0 Å². The third-order valence-electron chi connectivity index (χ3n) is 4.19. The van der Waals surface area contributed by atoms with Crippen LogP contribution in [0.2, 0.25) is 0 Å². The average molecular weight is 324 g/mol. The van der Waals surface area contributed by atoms with Crippen molar-refractivity contribution in [1.29, 1.82) is 0 Å². The molecule has 0 spiro atoms. The summed E-state index contributed by atoms with van der Waals surface area (Å²) in [5.41, 5.74) is 1.26. The van der Waals surface area contributed by atoms with Crippen molar-refractivity contribution in [1.82, 2.24) is 19.6 Å². The van der Waals surface area contributed by atoms with Gasteiger partial charge >= 0.3 is 0 Å². The SMILES string of the molecule is CS[C@H](C)C(=O)N1CCCN(Cc2cnn(C(C)C)c2)CC1. The summed E-state index contributed by atoms with van der Waals surface area (Å²) in [6.45, 7) is 10.9. The van der Waals surface area contributed by atoms with Gasteiger partial charge in [-0.15, -0.1) is 0 Å². The van der Waals surface area contributed by atoms with Gasteiger partial charge in [0.25, 0.3) is 0 Å². The Balaban J connectivity index is 1.88. The van der Waals surface area contributed by atoms with Crippen LogP contribution in [-0.2, 0) is 11.3 Å². The molecule has 1 fully saturated rings. The van der Waals surface area contributed by atoms with Crippen LogP contribution in [0.3, 0.4) is 0 Å². The molecule has 1 aromatic heterocycles. The normalized spacial score (nSPS) is 18.5. The van der Waals surface area contributed by atoms with E-state index in [0.29, 0.717) is 6.04 Å². The van der Waals surface area contributed by atoms with E-state index < -0.39 is 0 Å². The molecule has 0 aromatic carbocycles. The summed E-state index contributed by atoms with van der Waals surface area (Å²) >= 11 is 1.63. The highest BCUT2D eigenvalue weighted by atomic mass is 32.2. The first-order valence-electron chi connectivity index (χ1n) is 8.08. The van der Waals surface area contributed by atoms with E-state index in [-0.39, 0.29) is 11.2 Å². The molecule has 22 heavy (non-hydrogen) atoms. The number of rotatable bonds is 5. The molecule has 1 atom stereocenters. The number of aromatic nitrogens is 2. The van der Waals surface area contributed by atoms with E-state index in [1.165, 1.54) is 5.56 Å². The first-order valence-corrected chi connectivity index (χ1v) is 9.37. The minimum absolute atomic E-state index is 0.0656. The number of thioether (sulfide) groups is 1. The molecule has 0 N–H and O–H groups in total. The summed E-state index contributed by atoms with van der Waals surface area (Å²) in [5, 5.41) is 4.47. The Morgan fingerprint density at radius 2 is 2.05 bits per heavy atom. The number of nitrogens with zero attached hydrogens (tertiary/aromatic N) is 4. The molecule has 1 aromatic rings. The molecule has 1 amide bonds. The van der Waals surface area contributed by atoms with Crippen molar-refractivity contribution in [2.45, 2.75) is 45.0 Å². The zero-order valence-electron chi connectivity index (χ0n) is 14.2. The lowest BCUT2D eigenvalue weighted by molar-refractivity contribution is -0.130. The summed E-state index contributed by atoms with van der Waals surface area (Å²) in [7, 11) is 0. The molecule has 1 aliphatic heterocycles. The minimum Gasteiger partial charge on any atom is -0.340 e. The van der Waals surface area contributed by atoms with Crippen molar-refractivity contribution in [2.24, 2.45) is 0 Å². The second-order valence-corrected chi connectivity index (χ2v) is 7.43. The highest BCUT2D eigenvalue weighted by Crippen LogP contribution is 2.14. The van der Waals surface area contributed by atoms with Crippen LogP contribution in [0, 0.1) is 0 Å². The quantitative estimate of drug-likeness (QED) is 0.833. The second-order valence-electron chi connectivity index (χ2n) is 6.26. The van der Waals surface area contributed by atoms with Crippen molar-refractivity contribution in [2.75, 3.05) is 32.4 Å². The van der Waals surface area contributed by atoms with E-state index in [9.17, 15) is 4.79 Å². The predicted molar refractivity (Wildman–Crippen MR) is 92.1 cm³/mol. The highest BCUT2D eigenvalue weighted by Gasteiger charge is 2.22. The maximum atomic E-state index is 12.3. The summed E-state index contributed by atoms with van der Waals surface area (Å²) in [6, 6.07) is 0.402. The van der Waals surface area contributed by atoms with Gasteiger partial charge in [0.05, 0.1) is 11.4 Å². The lowest BCUT2D eigenvalue weighted by atomic mass is 10.3. The Bertz CT molecular complexity index is 488. The zero-order valence-corrected chi connectivity index (χ0v) is 15.0. The number of hydrogen-bond donors (Lipinski definition) is 0. The van der Waals surface area contributed by atoms with Gasteiger partial charge in [-0.1, -0.05) is 0 Å². The Morgan fingerprint density at radius 1 is 1.27 bits per heavy atom. The number of amides is 1. The third-order valence-corrected chi connectivity index (χ3v) is 5.10. The number of carbonyl (C=O) groups is 1. The van der Waals surface area contributed by atoms with E-state index in [4.69, 9.17) is 0 Å². The summed E-state index contributed by atoms with van der Waals surface area (Å²) in [6.07, 6.45) is 7.14. The van der Waals surface area contributed by atoms with Gasteiger partial charge in [0.15, 0.2) is 0 Å². The summed E-state index contributed by atoms with van der Waals surface area (Å²) in [5.74, 6) is 0.280. The highest BCUT2D eigenvalue weighted by molar-refractivity contribution is 7.99. The van der Waals surface area contributed by atoms with Crippen LogP contribution >= 0.6 is 11.8 Å². The molecular weight excluding hydrogens is 296 g/mol. The minimum atomic E-state index is 0.0656. The van der Waals surface area contributed by atoms with Gasteiger partial charge in [-0.25, -0.2) is 0 Å². The van der Waals surface area contributed by atoms with E-state index in [1.54, 1.807) is 11.8 Å². The molecule has 2 heterocycles. The molecule has 0 radical (unpaired) electrons. The molecule has 124 valence electrons. The first kappa shape index (κ1) is 17.3. The van der Waals surface area contributed by atoms with Crippen LogP contribution in [0.15, 0.2) is 12.4 Å². The van der Waals surface area contributed by atoms with Gasteiger partial charge in [-0.2, -0.15) is 16.9 Å². The summed E-state index contributed by atoms with van der Waals surface area (Å²) in [4.78, 5) is 16.8. The fourth-order valence-electron chi connectivity index (χ4n) is 2.71. The summed E-state index contributed by atoms with van der Waals surface area (Å²) < 4.78 is 2.00. The topological polar surface area (TPSA) is 41.4 Å². The van der Waals surface area contributed by atoms with Crippen LogP contribution in [0.1, 0.15) is 38.8 Å². The molecule has 1 aliphatic rings. The van der Waals surface area contributed by atoms with Crippen molar-refractivity contribution in [3.05, 3.63) is 18.0 Å². The van der Waals surface area contributed by atoms with Gasteiger partial charge in [-0.3, -0.25) is 14.4 Å². The van der Waals surface area contributed by atoms with Gasteiger partial charge in [0.2, 0.25) is 5.91 Å². The van der Waals surface area contributed by atoms with E-state index in [0.717, 1.165) is 39.1 Å². The molecule has 5 nitrogen and oxygen atoms in total. The fraction of sp³-hybridized carbons (Fsp3) is 0.750. The van der Waals surface area contributed by atoms with Gasteiger partial charge < -0.3 is 4.90 Å². The Kier molecular flexibility index (Phi) is 6.32. The third kappa shape index (κ3) is 4.49. The van der Waals surface area contributed by atoms with Gasteiger partial charge in [0.1, 0.15) is 0 Å². The average Bonchev–Trinajstić information content (AvgIpc) is 2.85. The molecule has 2 rings (SSSR count). The van der Waals surface area contributed by atoms with Gasteiger partial charge in [-0.05, 0) is 33.4 Å². The fourth-order valence-corrected chi connectivity index (χ4v) is 3.06. The van der Waals surface area contributed by atoms with Crippen molar-refractivity contribution in [3.63, 3.8) is 0 Å². The zero-order chi connectivity index (χ0) is 16.1. The van der Waals surface area contributed by atoms with Crippen LogP contribution in [0.4, 0.5) is 0 Å². The van der Waals surface area contributed by atoms with Crippen LogP contribution in [0.25, 0.3) is 0 Å². The smallest absolute Gasteiger partial charge is 0.235 e. The Hall–Kier alpha value is -1.01. The molecule has 6 heteroatoms. The van der Waals surface area contributed by atoms with Crippen LogP contribution < -0.4 is 0 Å². The van der Waals surface area contributed by atoms with Crippen LogP contribution in [0.5, 0.6) is 0 Å². The van der Waals surface area contributed by atoms with Crippen molar-refractivity contribution >= 4 is 17.7 Å². The molecule has 0 unspecified atom stereocenters.